The van der Waals surface area contributed by atoms with Crippen LogP contribution >= 0.6 is 0 Å². The Morgan fingerprint density at radius 2 is 2.10 bits per heavy atom. The molecular weight excluding hydrogens is 248 g/mol. The monoisotopic (exact) mass is 272 g/mol. The van der Waals surface area contributed by atoms with E-state index in [1.165, 1.54) is 16.3 Å². The fourth-order valence-corrected chi connectivity index (χ4v) is 2.61. The van der Waals surface area contributed by atoms with E-state index in [0.29, 0.717) is 6.10 Å². The maximum Gasteiger partial charge on any atom is 0.129 e. The lowest BCUT2D eigenvalue weighted by molar-refractivity contribution is 0.121. The summed E-state index contributed by atoms with van der Waals surface area (Å²) in [4.78, 5) is 6.89. The predicted octanol–water partition coefficient (Wildman–Crippen LogP) is 3.79. The third-order valence-corrected chi connectivity index (χ3v) is 3.77. The molecule has 20 heavy (non-hydrogen) atoms. The Morgan fingerprint density at radius 1 is 1.30 bits per heavy atom. The van der Waals surface area contributed by atoms with Crippen molar-refractivity contribution in [2.24, 2.45) is 0 Å². The van der Waals surface area contributed by atoms with Gasteiger partial charge in [-0.15, -0.1) is 0 Å². The van der Waals surface area contributed by atoms with Crippen molar-refractivity contribution >= 4 is 16.6 Å². The van der Waals surface area contributed by atoms with Gasteiger partial charge in [-0.2, -0.15) is 0 Å². The summed E-state index contributed by atoms with van der Waals surface area (Å²) < 4.78 is 5.40. The number of hydrogen-bond acceptors (Lipinski definition) is 3. The molecule has 108 valence electrons. The van der Waals surface area contributed by atoms with Crippen LogP contribution in [0.5, 0.6) is 0 Å². The van der Waals surface area contributed by atoms with E-state index in [-0.39, 0.29) is 0 Å². The van der Waals surface area contributed by atoms with Gasteiger partial charge in [-0.3, -0.25) is 0 Å². The van der Waals surface area contributed by atoms with Crippen LogP contribution in [0.3, 0.4) is 0 Å². The maximum absolute atomic E-state index is 5.40. The third-order valence-electron chi connectivity index (χ3n) is 3.77. The van der Waals surface area contributed by atoms with E-state index in [0.717, 1.165) is 25.3 Å². The van der Waals surface area contributed by atoms with Crippen LogP contribution in [0.25, 0.3) is 10.8 Å². The van der Waals surface area contributed by atoms with Crippen LogP contribution in [0, 0.1) is 6.92 Å². The van der Waals surface area contributed by atoms with Gasteiger partial charge in [0, 0.05) is 31.8 Å². The molecule has 1 aromatic carbocycles. The van der Waals surface area contributed by atoms with Crippen molar-refractivity contribution in [1.82, 2.24) is 4.98 Å². The van der Waals surface area contributed by atoms with Crippen molar-refractivity contribution in [3.63, 3.8) is 0 Å². The number of pyridine rings is 1. The van der Waals surface area contributed by atoms with E-state index in [4.69, 9.17) is 4.74 Å². The molecule has 0 amide bonds. The van der Waals surface area contributed by atoms with E-state index >= 15 is 0 Å². The number of hydrogen-bond donors (Lipinski definition) is 0. The summed E-state index contributed by atoms with van der Waals surface area (Å²) in [6, 6.07) is 8.56. The van der Waals surface area contributed by atoms with E-state index in [9.17, 15) is 0 Å². The van der Waals surface area contributed by atoms with Crippen molar-refractivity contribution in [3.05, 3.63) is 36.0 Å². The Morgan fingerprint density at radius 3 is 2.80 bits per heavy atom. The van der Waals surface area contributed by atoms with E-state index < -0.39 is 0 Å². The molecule has 3 rings (SSSR count). The second-order valence-corrected chi connectivity index (χ2v) is 4.93. The molecule has 0 radical (unpaired) electrons. The van der Waals surface area contributed by atoms with Gasteiger partial charge < -0.3 is 9.64 Å². The summed E-state index contributed by atoms with van der Waals surface area (Å²) in [5, 5.41) is 2.50. The van der Waals surface area contributed by atoms with Gasteiger partial charge in [0.25, 0.3) is 0 Å². The highest BCUT2D eigenvalue weighted by molar-refractivity contribution is 5.86. The first-order valence-corrected chi connectivity index (χ1v) is 7.41. The third kappa shape index (κ3) is 2.93. The largest absolute Gasteiger partial charge is 0.380 e. The Labute approximate surface area is 121 Å². The number of nitrogens with zero attached hydrogens (tertiary/aromatic N) is 2. The molecule has 0 saturated carbocycles. The summed E-state index contributed by atoms with van der Waals surface area (Å²) in [6.45, 7) is 8.10. The number of anilines is 1. The highest BCUT2D eigenvalue weighted by Gasteiger charge is 2.23. The zero-order valence-corrected chi connectivity index (χ0v) is 12.9. The molecule has 1 aliphatic heterocycles. The Hall–Kier alpha value is -1.61. The molecule has 1 atom stereocenters. The molecule has 2 aromatic rings. The first-order chi connectivity index (χ1) is 9.78. The number of aryl methyl sites for hydroxylation is 1. The van der Waals surface area contributed by atoms with Crippen LogP contribution in [0.2, 0.25) is 0 Å². The Balaban J connectivity index is 0.000000704. The second kappa shape index (κ2) is 6.71. The van der Waals surface area contributed by atoms with Crippen LogP contribution in [0.1, 0.15) is 25.8 Å². The SMILES string of the molecule is CC.COC1CCN(c2cc3cccc(C)c3cn2)C1. The normalized spacial score (nSPS) is 18.0. The fraction of sp³-hybridized carbons (Fsp3) is 0.471. The van der Waals surface area contributed by atoms with Gasteiger partial charge in [0.2, 0.25) is 0 Å². The van der Waals surface area contributed by atoms with E-state index in [1.807, 2.05) is 20.0 Å². The Bertz CT molecular complexity index is 568. The second-order valence-electron chi connectivity index (χ2n) is 4.93. The highest BCUT2D eigenvalue weighted by atomic mass is 16.5. The van der Waals surface area contributed by atoms with Gasteiger partial charge in [-0.05, 0) is 30.4 Å². The quantitative estimate of drug-likeness (QED) is 0.831. The molecule has 3 nitrogen and oxygen atoms in total. The van der Waals surface area contributed by atoms with Crippen molar-refractivity contribution < 1.29 is 4.74 Å². The van der Waals surface area contributed by atoms with Crippen LogP contribution in [0.4, 0.5) is 5.82 Å². The molecule has 0 spiro atoms. The molecule has 1 saturated heterocycles. The predicted molar refractivity (Wildman–Crippen MR) is 85.5 cm³/mol. The lowest BCUT2D eigenvalue weighted by Crippen LogP contribution is -2.22. The molecule has 0 bridgehead atoms. The van der Waals surface area contributed by atoms with Crippen LogP contribution < -0.4 is 4.90 Å². The highest BCUT2D eigenvalue weighted by Crippen LogP contribution is 2.24. The molecule has 0 N–H and O–H groups in total. The number of fused-ring (bicyclic) bond motifs is 1. The van der Waals surface area contributed by atoms with E-state index in [1.54, 1.807) is 7.11 Å². The minimum Gasteiger partial charge on any atom is -0.380 e. The van der Waals surface area contributed by atoms with Crippen molar-refractivity contribution in [2.45, 2.75) is 33.3 Å². The summed E-state index contributed by atoms with van der Waals surface area (Å²) in [5.41, 5.74) is 1.28. The number of ether oxygens (including phenoxy) is 1. The van der Waals surface area contributed by atoms with Gasteiger partial charge in [0.15, 0.2) is 0 Å². The smallest absolute Gasteiger partial charge is 0.129 e. The number of methoxy groups -OCH3 is 1. The zero-order valence-electron chi connectivity index (χ0n) is 12.9. The van der Waals surface area contributed by atoms with Gasteiger partial charge in [0.1, 0.15) is 5.82 Å². The molecular formula is C17H24N2O. The summed E-state index contributed by atoms with van der Waals surface area (Å²) in [5.74, 6) is 1.06. The molecule has 1 aliphatic rings. The number of aromatic nitrogens is 1. The average molecular weight is 272 g/mol. The standard InChI is InChI=1S/C15H18N2O.C2H6/c1-11-4-3-5-12-8-15(16-9-14(11)12)17-7-6-13(10-17)18-2;1-2/h3-5,8-9,13H,6-7,10H2,1-2H3;1-2H3. The maximum atomic E-state index is 5.40. The zero-order chi connectivity index (χ0) is 14.5. The molecule has 1 unspecified atom stereocenters. The minimum absolute atomic E-state index is 0.347. The molecule has 0 aliphatic carbocycles. The summed E-state index contributed by atoms with van der Waals surface area (Å²) in [7, 11) is 1.78. The first kappa shape index (κ1) is 14.8. The van der Waals surface area contributed by atoms with E-state index in [2.05, 4.69) is 41.1 Å². The molecule has 1 aromatic heterocycles. The lowest BCUT2D eigenvalue weighted by Gasteiger charge is -2.17. The molecule has 3 heteroatoms. The first-order valence-electron chi connectivity index (χ1n) is 7.41. The topological polar surface area (TPSA) is 25.4 Å². The van der Waals surface area contributed by atoms with Crippen LogP contribution in [0.15, 0.2) is 30.5 Å². The molecule has 1 fully saturated rings. The summed E-state index contributed by atoms with van der Waals surface area (Å²) >= 11 is 0. The van der Waals surface area contributed by atoms with Gasteiger partial charge in [-0.1, -0.05) is 32.0 Å². The van der Waals surface area contributed by atoms with Crippen molar-refractivity contribution in [3.8, 4) is 0 Å². The van der Waals surface area contributed by atoms with Crippen molar-refractivity contribution in [2.75, 3.05) is 25.1 Å². The average Bonchev–Trinajstić information content (AvgIpc) is 2.98. The van der Waals surface area contributed by atoms with Crippen LogP contribution in [-0.2, 0) is 4.74 Å². The van der Waals surface area contributed by atoms with Gasteiger partial charge >= 0.3 is 0 Å². The number of rotatable bonds is 2. The molecule has 2 heterocycles. The van der Waals surface area contributed by atoms with Gasteiger partial charge in [0.05, 0.1) is 6.10 Å². The van der Waals surface area contributed by atoms with Crippen LogP contribution in [-0.4, -0.2) is 31.3 Å². The minimum atomic E-state index is 0.347. The van der Waals surface area contributed by atoms with Gasteiger partial charge in [-0.25, -0.2) is 4.98 Å². The summed E-state index contributed by atoms with van der Waals surface area (Å²) in [6.07, 6.45) is 3.42. The fourth-order valence-electron chi connectivity index (χ4n) is 2.61. The van der Waals surface area contributed by atoms with Crippen molar-refractivity contribution in [1.29, 1.82) is 0 Å². The Kier molecular flexibility index (Phi) is 4.96. The lowest BCUT2D eigenvalue weighted by atomic mass is 10.1. The number of benzene rings is 1.